The van der Waals surface area contributed by atoms with E-state index >= 15 is 0 Å². The van der Waals surface area contributed by atoms with Crippen molar-refractivity contribution in [2.45, 2.75) is 26.3 Å². The molecule has 1 aliphatic rings. The lowest BCUT2D eigenvalue weighted by Crippen LogP contribution is -2.34. The number of nitrogens with zero attached hydrogens (tertiary/aromatic N) is 3. The Bertz CT molecular complexity index is 1490. The van der Waals surface area contributed by atoms with Gasteiger partial charge in [0.2, 0.25) is 0 Å². The molecular formula is C24H23ClN8O2. The van der Waals surface area contributed by atoms with Gasteiger partial charge in [0.25, 0.3) is 5.56 Å². The third-order valence-corrected chi connectivity index (χ3v) is 5.75. The van der Waals surface area contributed by atoms with Gasteiger partial charge in [0.15, 0.2) is 5.65 Å². The van der Waals surface area contributed by atoms with Crippen LogP contribution in [0.4, 0.5) is 0 Å². The molecule has 1 saturated carbocycles. The van der Waals surface area contributed by atoms with Gasteiger partial charge in [-0.1, -0.05) is 29.7 Å². The quantitative estimate of drug-likeness (QED) is 0.128. The molecule has 0 radical (unpaired) electrons. The summed E-state index contributed by atoms with van der Waals surface area (Å²) in [6.07, 6.45) is 3.52. The first-order valence-electron chi connectivity index (χ1n) is 10.8. The van der Waals surface area contributed by atoms with Crippen LogP contribution in [-0.4, -0.2) is 31.3 Å². The SMILES string of the molecule is Cc1ccnc2nc(CN/C(NO)=C(/C(=N)N)C(=N)C#CC3CC3)n(-c3ccccc3Cl)c(=O)c12. The number of hydroxylamine groups is 1. The van der Waals surface area contributed by atoms with Crippen LogP contribution in [0.25, 0.3) is 16.7 Å². The molecule has 0 amide bonds. The molecule has 0 spiro atoms. The maximum atomic E-state index is 13.6. The first-order chi connectivity index (χ1) is 16.8. The van der Waals surface area contributed by atoms with Crippen molar-refractivity contribution < 1.29 is 5.21 Å². The normalized spacial score (nSPS) is 13.5. The van der Waals surface area contributed by atoms with Crippen molar-refractivity contribution >= 4 is 34.2 Å². The molecule has 3 aromatic rings. The molecule has 35 heavy (non-hydrogen) atoms. The number of amidine groups is 1. The van der Waals surface area contributed by atoms with E-state index in [1.807, 2.05) is 5.48 Å². The number of fused-ring (bicyclic) bond motifs is 1. The van der Waals surface area contributed by atoms with Gasteiger partial charge >= 0.3 is 0 Å². The zero-order valence-electron chi connectivity index (χ0n) is 18.8. The maximum Gasteiger partial charge on any atom is 0.267 e. The number of para-hydroxylation sites is 1. The topological polar surface area (TPSA) is 166 Å². The Labute approximate surface area is 205 Å². The van der Waals surface area contributed by atoms with Crippen LogP contribution < -0.4 is 22.1 Å². The number of pyridine rings is 1. The van der Waals surface area contributed by atoms with E-state index < -0.39 is 5.84 Å². The number of hydrogen-bond acceptors (Lipinski definition) is 8. The lowest BCUT2D eigenvalue weighted by molar-refractivity contribution is 0.190. The highest BCUT2D eigenvalue weighted by Crippen LogP contribution is 2.27. The highest BCUT2D eigenvalue weighted by molar-refractivity contribution is 6.32. The lowest BCUT2D eigenvalue weighted by Gasteiger charge is -2.18. The number of nitrogens with two attached hydrogens (primary N) is 1. The van der Waals surface area contributed by atoms with E-state index in [2.05, 4.69) is 27.1 Å². The highest BCUT2D eigenvalue weighted by atomic mass is 35.5. The van der Waals surface area contributed by atoms with Gasteiger partial charge in [0.1, 0.15) is 23.2 Å². The van der Waals surface area contributed by atoms with E-state index in [1.165, 1.54) is 4.57 Å². The molecule has 2 heterocycles. The van der Waals surface area contributed by atoms with Gasteiger partial charge < -0.3 is 11.1 Å². The summed E-state index contributed by atoms with van der Waals surface area (Å²) in [6.45, 7) is 1.70. The molecule has 0 bridgehead atoms. The van der Waals surface area contributed by atoms with Crippen molar-refractivity contribution in [2.75, 3.05) is 0 Å². The molecule has 4 rings (SSSR count). The summed E-state index contributed by atoms with van der Waals surface area (Å²) < 4.78 is 1.37. The molecule has 0 atom stereocenters. The molecule has 1 aromatic carbocycles. The fourth-order valence-electron chi connectivity index (χ4n) is 3.50. The Kier molecular flexibility index (Phi) is 6.82. The fraction of sp³-hybridized carbons (Fsp3) is 0.208. The van der Waals surface area contributed by atoms with Crippen molar-refractivity contribution in [1.82, 2.24) is 25.3 Å². The monoisotopic (exact) mass is 490 g/mol. The minimum atomic E-state index is -0.462. The van der Waals surface area contributed by atoms with Crippen LogP contribution in [0.15, 0.2) is 52.7 Å². The molecule has 11 heteroatoms. The molecule has 178 valence electrons. The number of benzene rings is 1. The van der Waals surface area contributed by atoms with Crippen LogP contribution >= 0.6 is 11.6 Å². The van der Waals surface area contributed by atoms with Crippen molar-refractivity contribution in [3.8, 4) is 17.5 Å². The second-order valence-electron chi connectivity index (χ2n) is 7.99. The summed E-state index contributed by atoms with van der Waals surface area (Å²) >= 11 is 6.41. The first-order valence-corrected chi connectivity index (χ1v) is 11.1. The average molecular weight is 491 g/mol. The summed E-state index contributed by atoms with van der Waals surface area (Å²) in [5.41, 5.74) is 8.34. The third-order valence-electron chi connectivity index (χ3n) is 5.43. The Balaban J connectivity index is 1.81. The second kappa shape index (κ2) is 9.97. The smallest absolute Gasteiger partial charge is 0.267 e. The Morgan fingerprint density at radius 2 is 2.06 bits per heavy atom. The Morgan fingerprint density at radius 3 is 2.71 bits per heavy atom. The van der Waals surface area contributed by atoms with Gasteiger partial charge in [-0.15, -0.1) is 0 Å². The van der Waals surface area contributed by atoms with Gasteiger partial charge in [-0.05, 0) is 49.4 Å². The largest absolute Gasteiger partial charge is 0.383 e. The van der Waals surface area contributed by atoms with Crippen molar-refractivity contribution in [3.05, 3.63) is 74.7 Å². The summed E-state index contributed by atoms with van der Waals surface area (Å²) in [7, 11) is 0. The molecule has 1 fully saturated rings. The molecule has 10 nitrogen and oxygen atoms in total. The number of rotatable bonds is 7. The van der Waals surface area contributed by atoms with Crippen molar-refractivity contribution in [1.29, 1.82) is 10.8 Å². The van der Waals surface area contributed by atoms with Crippen LogP contribution in [0.1, 0.15) is 24.2 Å². The minimum absolute atomic E-state index is 0.102. The van der Waals surface area contributed by atoms with E-state index in [0.717, 1.165) is 12.8 Å². The van der Waals surface area contributed by atoms with Crippen molar-refractivity contribution in [2.24, 2.45) is 11.7 Å². The summed E-state index contributed by atoms with van der Waals surface area (Å²) in [5.74, 6) is 5.52. The van der Waals surface area contributed by atoms with E-state index in [1.54, 1.807) is 43.5 Å². The first kappa shape index (κ1) is 23.9. The zero-order chi connectivity index (χ0) is 25.1. The van der Waals surface area contributed by atoms with E-state index in [0.29, 0.717) is 21.7 Å². The predicted molar refractivity (Wildman–Crippen MR) is 134 cm³/mol. The van der Waals surface area contributed by atoms with E-state index in [4.69, 9.17) is 28.2 Å². The molecule has 0 aliphatic heterocycles. The number of halogens is 1. The number of aryl methyl sites for hydroxylation is 1. The van der Waals surface area contributed by atoms with Gasteiger partial charge in [0.05, 0.1) is 28.2 Å². The Morgan fingerprint density at radius 1 is 1.31 bits per heavy atom. The summed E-state index contributed by atoms with van der Waals surface area (Å²) in [4.78, 5) is 22.4. The molecule has 0 saturated heterocycles. The fourth-order valence-corrected chi connectivity index (χ4v) is 3.72. The third kappa shape index (κ3) is 5.01. The van der Waals surface area contributed by atoms with Crippen LogP contribution in [0, 0.1) is 35.5 Å². The van der Waals surface area contributed by atoms with Gasteiger partial charge in [0, 0.05) is 12.1 Å². The van der Waals surface area contributed by atoms with Gasteiger partial charge in [-0.25, -0.2) is 9.97 Å². The van der Waals surface area contributed by atoms with Gasteiger partial charge in [-0.2, -0.15) is 0 Å². The minimum Gasteiger partial charge on any atom is -0.383 e. The van der Waals surface area contributed by atoms with Crippen LogP contribution in [0.2, 0.25) is 5.02 Å². The second-order valence-corrected chi connectivity index (χ2v) is 8.40. The predicted octanol–water partition coefficient (Wildman–Crippen LogP) is 2.39. The van der Waals surface area contributed by atoms with Crippen LogP contribution in [0.3, 0.4) is 0 Å². The Hall–Kier alpha value is -4.20. The van der Waals surface area contributed by atoms with Crippen LogP contribution in [-0.2, 0) is 6.54 Å². The molecule has 1 aliphatic carbocycles. The number of aromatic nitrogens is 3. The summed E-state index contributed by atoms with van der Waals surface area (Å²) in [6, 6.07) is 8.58. The number of nitrogens with one attached hydrogen (secondary N) is 4. The molecule has 7 N–H and O–H groups in total. The van der Waals surface area contributed by atoms with Crippen molar-refractivity contribution in [3.63, 3.8) is 0 Å². The zero-order valence-corrected chi connectivity index (χ0v) is 19.6. The number of hydrogen-bond donors (Lipinski definition) is 6. The molecular weight excluding hydrogens is 468 g/mol. The van der Waals surface area contributed by atoms with E-state index in [-0.39, 0.29) is 46.6 Å². The highest BCUT2D eigenvalue weighted by Gasteiger charge is 2.21. The van der Waals surface area contributed by atoms with E-state index in [9.17, 15) is 10.0 Å². The molecule has 2 aromatic heterocycles. The lowest BCUT2D eigenvalue weighted by atomic mass is 10.1. The summed E-state index contributed by atoms with van der Waals surface area (Å²) in [5, 5.41) is 29.5. The maximum absolute atomic E-state index is 13.6. The van der Waals surface area contributed by atoms with Crippen LogP contribution in [0.5, 0.6) is 0 Å². The average Bonchev–Trinajstić information content (AvgIpc) is 3.65. The van der Waals surface area contributed by atoms with Gasteiger partial charge in [-0.3, -0.25) is 30.9 Å². The molecule has 0 unspecified atom stereocenters. The standard InChI is InChI=1S/C24H23ClN8O2/c1-13-10-11-29-22-19(13)24(34)33(17-5-3-2-4-15(17)25)18(31-22)12-30-23(32-35)20(21(27)28)16(26)9-8-14-6-7-14/h2-5,10-11,14,26,30,32,35H,6-7,12H2,1H3,(H3,27,28)/b23-20-,26-16?.